The van der Waals surface area contributed by atoms with Gasteiger partial charge in [-0.3, -0.25) is 4.57 Å². The summed E-state index contributed by atoms with van der Waals surface area (Å²) in [4.78, 5) is 4.75. The number of hydrogen-bond acceptors (Lipinski definition) is 6. The number of nitrogens with zero attached hydrogens (tertiary/aromatic N) is 4. The maximum atomic E-state index is 5.92. The maximum absolute atomic E-state index is 5.92. The number of rotatable bonds is 9. The molecule has 0 fully saturated rings. The average molecular weight is 455 g/mol. The molecule has 0 bridgehead atoms. The first-order chi connectivity index (χ1) is 14.7. The summed E-state index contributed by atoms with van der Waals surface area (Å²) < 4.78 is 7.84. The lowest BCUT2D eigenvalue weighted by atomic mass is 10.2. The molecule has 8 heteroatoms. The first-order valence-corrected chi connectivity index (χ1v) is 11.5. The fourth-order valence-corrected chi connectivity index (χ4v) is 4.67. The molecule has 5 nitrogen and oxygen atoms in total. The second-order valence-electron chi connectivity index (χ2n) is 6.34. The molecule has 4 aromatic rings. The van der Waals surface area contributed by atoms with E-state index < -0.39 is 0 Å². The average Bonchev–Trinajstić information content (AvgIpc) is 3.40. The molecule has 0 amide bonds. The van der Waals surface area contributed by atoms with Crippen molar-refractivity contribution in [1.82, 2.24) is 19.7 Å². The summed E-state index contributed by atoms with van der Waals surface area (Å²) in [6.45, 7) is 4.78. The Morgan fingerprint density at radius 3 is 2.67 bits per heavy atom. The molecule has 4 rings (SSSR count). The number of hydrogen-bond donors (Lipinski definition) is 0. The molecule has 0 aliphatic heterocycles. The highest BCUT2D eigenvalue weighted by Crippen LogP contribution is 2.28. The van der Waals surface area contributed by atoms with Crippen LogP contribution in [0.15, 0.2) is 77.8 Å². The number of thioether (sulfide) groups is 1. The highest BCUT2D eigenvalue weighted by Gasteiger charge is 2.14. The minimum Gasteiger partial charge on any atom is -0.486 e. The van der Waals surface area contributed by atoms with Gasteiger partial charge in [-0.1, -0.05) is 59.8 Å². The van der Waals surface area contributed by atoms with Crippen molar-refractivity contribution in [3.8, 4) is 16.3 Å². The smallest absolute Gasteiger partial charge is 0.191 e. The van der Waals surface area contributed by atoms with Crippen LogP contribution in [0.5, 0.6) is 5.75 Å². The molecule has 0 N–H and O–H groups in total. The van der Waals surface area contributed by atoms with Gasteiger partial charge in [-0.2, -0.15) is 0 Å². The van der Waals surface area contributed by atoms with Gasteiger partial charge in [0.05, 0.1) is 5.69 Å². The minimum absolute atomic E-state index is 0.317. The summed E-state index contributed by atoms with van der Waals surface area (Å²) in [7, 11) is 0. The van der Waals surface area contributed by atoms with Crippen molar-refractivity contribution in [2.45, 2.75) is 24.1 Å². The highest BCUT2D eigenvalue weighted by molar-refractivity contribution is 7.98. The first kappa shape index (κ1) is 20.7. The van der Waals surface area contributed by atoms with E-state index in [1.165, 1.54) is 0 Å². The second kappa shape index (κ2) is 9.93. The number of aromatic nitrogens is 4. The van der Waals surface area contributed by atoms with Gasteiger partial charge < -0.3 is 4.74 Å². The van der Waals surface area contributed by atoms with Crippen LogP contribution in [0.3, 0.4) is 0 Å². The monoisotopic (exact) mass is 454 g/mol. The first-order valence-electron chi connectivity index (χ1n) is 9.27. The maximum Gasteiger partial charge on any atom is 0.191 e. The lowest BCUT2D eigenvalue weighted by Crippen LogP contribution is -2.07. The van der Waals surface area contributed by atoms with Crippen LogP contribution >= 0.6 is 34.7 Å². The van der Waals surface area contributed by atoms with E-state index in [1.807, 2.05) is 41.0 Å². The van der Waals surface area contributed by atoms with Gasteiger partial charge in [0.1, 0.15) is 17.4 Å². The van der Waals surface area contributed by atoms with Gasteiger partial charge in [0, 0.05) is 28.3 Å². The van der Waals surface area contributed by atoms with Crippen molar-refractivity contribution in [2.75, 3.05) is 0 Å². The fraction of sp³-hybridized carbons (Fsp3) is 0.136. The number of halogens is 1. The van der Waals surface area contributed by atoms with Crippen LogP contribution < -0.4 is 4.74 Å². The Kier molecular flexibility index (Phi) is 6.84. The molecule has 0 aliphatic rings. The van der Waals surface area contributed by atoms with Crippen LogP contribution in [0.1, 0.15) is 11.5 Å². The van der Waals surface area contributed by atoms with E-state index >= 15 is 0 Å². The van der Waals surface area contributed by atoms with E-state index in [-0.39, 0.29) is 0 Å². The van der Waals surface area contributed by atoms with Gasteiger partial charge in [-0.05, 0) is 24.3 Å². The van der Waals surface area contributed by atoms with Crippen molar-refractivity contribution in [1.29, 1.82) is 0 Å². The predicted molar refractivity (Wildman–Crippen MR) is 123 cm³/mol. The normalized spacial score (nSPS) is 10.8. The summed E-state index contributed by atoms with van der Waals surface area (Å²) in [5.41, 5.74) is 2.16. The molecule has 152 valence electrons. The van der Waals surface area contributed by atoms with Gasteiger partial charge in [0.2, 0.25) is 0 Å². The second-order valence-corrected chi connectivity index (χ2v) is 8.58. The number of thiazole rings is 1. The number of benzene rings is 2. The Morgan fingerprint density at radius 2 is 1.90 bits per heavy atom. The fourth-order valence-electron chi connectivity index (χ4n) is 2.75. The van der Waals surface area contributed by atoms with Gasteiger partial charge in [0.15, 0.2) is 11.0 Å². The van der Waals surface area contributed by atoms with Crippen molar-refractivity contribution in [3.63, 3.8) is 0 Å². The molecule has 0 spiro atoms. The van der Waals surface area contributed by atoms with Crippen LogP contribution in [-0.4, -0.2) is 19.7 Å². The molecule has 0 radical (unpaired) electrons. The lowest BCUT2D eigenvalue weighted by molar-refractivity contribution is 0.289. The Labute approximate surface area is 188 Å². The molecule has 0 saturated carbocycles. The summed E-state index contributed by atoms with van der Waals surface area (Å²) in [6.07, 6.45) is 1.83. The van der Waals surface area contributed by atoms with E-state index in [0.29, 0.717) is 18.2 Å². The molecule has 0 atom stereocenters. The zero-order valence-corrected chi connectivity index (χ0v) is 18.5. The summed E-state index contributed by atoms with van der Waals surface area (Å²) >= 11 is 9.18. The van der Waals surface area contributed by atoms with Crippen LogP contribution in [0.25, 0.3) is 10.6 Å². The molecule has 0 saturated heterocycles. The van der Waals surface area contributed by atoms with E-state index in [0.717, 1.165) is 38.7 Å². The van der Waals surface area contributed by atoms with Crippen LogP contribution in [0.4, 0.5) is 0 Å². The van der Waals surface area contributed by atoms with Gasteiger partial charge in [-0.15, -0.1) is 28.1 Å². The third-order valence-electron chi connectivity index (χ3n) is 4.21. The Morgan fingerprint density at radius 1 is 1.10 bits per heavy atom. The summed E-state index contributed by atoms with van der Waals surface area (Å²) in [6, 6.07) is 17.5. The SMILES string of the molecule is C=CCn1c(COc2ccc(Cl)cc2)nnc1SCc1csc(-c2ccccc2)n1. The molecule has 2 aromatic carbocycles. The Balaban J connectivity index is 1.42. The van der Waals surface area contributed by atoms with E-state index in [4.69, 9.17) is 21.3 Å². The third-order valence-corrected chi connectivity index (χ3v) is 6.40. The van der Waals surface area contributed by atoms with Gasteiger partial charge >= 0.3 is 0 Å². The van der Waals surface area contributed by atoms with Crippen LogP contribution in [-0.2, 0) is 18.9 Å². The minimum atomic E-state index is 0.317. The predicted octanol–water partition coefficient (Wildman–Crippen LogP) is 6.11. The zero-order valence-electron chi connectivity index (χ0n) is 16.1. The molecule has 30 heavy (non-hydrogen) atoms. The topological polar surface area (TPSA) is 52.8 Å². The summed E-state index contributed by atoms with van der Waals surface area (Å²) in [5.74, 6) is 2.20. The van der Waals surface area contributed by atoms with E-state index in [2.05, 4.69) is 34.3 Å². The highest BCUT2D eigenvalue weighted by atomic mass is 35.5. The van der Waals surface area contributed by atoms with Crippen molar-refractivity contribution in [3.05, 3.63) is 89.2 Å². The van der Waals surface area contributed by atoms with E-state index in [1.54, 1.807) is 35.2 Å². The standard InChI is InChI=1S/C22H19ClN4OS2/c1-2-12-27-20(13-28-19-10-8-17(23)9-11-19)25-26-22(27)30-15-18-14-29-21(24-18)16-6-4-3-5-7-16/h2-11,14H,1,12-13,15H2. The van der Waals surface area contributed by atoms with Crippen molar-refractivity contribution >= 4 is 34.7 Å². The van der Waals surface area contributed by atoms with Crippen molar-refractivity contribution < 1.29 is 4.74 Å². The van der Waals surface area contributed by atoms with Gasteiger partial charge in [-0.25, -0.2) is 4.98 Å². The quantitative estimate of drug-likeness (QED) is 0.225. The molecular weight excluding hydrogens is 436 g/mol. The van der Waals surface area contributed by atoms with Gasteiger partial charge in [0.25, 0.3) is 0 Å². The molecule has 2 aromatic heterocycles. The lowest BCUT2D eigenvalue weighted by Gasteiger charge is -2.09. The van der Waals surface area contributed by atoms with E-state index in [9.17, 15) is 0 Å². The third kappa shape index (κ3) is 5.11. The zero-order chi connectivity index (χ0) is 20.8. The molecule has 2 heterocycles. The molecule has 0 unspecified atom stereocenters. The Bertz CT molecular complexity index is 1110. The summed E-state index contributed by atoms with van der Waals surface area (Å²) in [5, 5.41) is 13.3. The van der Waals surface area contributed by atoms with Crippen LogP contribution in [0.2, 0.25) is 5.02 Å². The van der Waals surface area contributed by atoms with Crippen molar-refractivity contribution in [2.24, 2.45) is 0 Å². The number of allylic oxidation sites excluding steroid dienone is 1. The Hall–Kier alpha value is -2.61. The number of ether oxygens (including phenoxy) is 1. The molecule has 0 aliphatic carbocycles. The molecular formula is C22H19ClN4OS2. The van der Waals surface area contributed by atoms with Crippen LogP contribution in [0, 0.1) is 0 Å². The largest absolute Gasteiger partial charge is 0.486 e.